The van der Waals surface area contributed by atoms with Gasteiger partial charge in [-0.1, -0.05) is 46.3 Å². The monoisotopic (exact) mass is 274 g/mol. The lowest BCUT2D eigenvalue weighted by Gasteiger charge is -1.95. The van der Waals surface area contributed by atoms with Crippen molar-refractivity contribution in [1.82, 2.24) is 0 Å². The van der Waals surface area contributed by atoms with Crippen LogP contribution in [0.5, 0.6) is 0 Å². The standard InChI is InChI=1S/C13H11BrN2/c14-10-11-6-8-13(9-7-11)16-15-12-4-2-1-3-5-12/h1-9H,10H2/b16-15+. The molecule has 0 radical (unpaired) electrons. The highest BCUT2D eigenvalue weighted by molar-refractivity contribution is 9.08. The van der Waals surface area contributed by atoms with Crippen LogP contribution in [0.1, 0.15) is 5.56 Å². The molecule has 0 aliphatic rings. The maximum atomic E-state index is 4.16. The highest BCUT2D eigenvalue weighted by Gasteiger charge is 1.91. The van der Waals surface area contributed by atoms with Gasteiger partial charge in [0.15, 0.2) is 0 Å². The first-order valence-corrected chi connectivity index (χ1v) is 6.12. The normalized spacial score (nSPS) is 10.8. The molecule has 0 unspecified atom stereocenters. The summed E-state index contributed by atoms with van der Waals surface area (Å²) >= 11 is 3.40. The van der Waals surface area contributed by atoms with Crippen molar-refractivity contribution in [3.05, 3.63) is 60.2 Å². The predicted octanol–water partition coefficient (Wildman–Crippen LogP) is 5.00. The lowest BCUT2D eigenvalue weighted by Crippen LogP contribution is -1.73. The third-order valence-electron chi connectivity index (χ3n) is 2.13. The average molecular weight is 275 g/mol. The Hall–Kier alpha value is -1.48. The Labute approximate surface area is 103 Å². The SMILES string of the molecule is BrCc1ccc(/N=N/c2ccccc2)cc1. The van der Waals surface area contributed by atoms with Gasteiger partial charge >= 0.3 is 0 Å². The summed E-state index contributed by atoms with van der Waals surface area (Å²) < 4.78 is 0. The van der Waals surface area contributed by atoms with Gasteiger partial charge in [0, 0.05) is 5.33 Å². The molecular formula is C13H11BrN2. The van der Waals surface area contributed by atoms with Gasteiger partial charge in [-0.05, 0) is 29.8 Å². The molecule has 0 atom stereocenters. The lowest BCUT2D eigenvalue weighted by atomic mass is 10.2. The Kier molecular flexibility index (Phi) is 3.83. The Morgan fingerprint density at radius 2 is 1.31 bits per heavy atom. The summed E-state index contributed by atoms with van der Waals surface area (Å²) in [5.41, 5.74) is 2.97. The fourth-order valence-electron chi connectivity index (χ4n) is 1.26. The topological polar surface area (TPSA) is 24.7 Å². The van der Waals surface area contributed by atoms with E-state index >= 15 is 0 Å². The maximum Gasteiger partial charge on any atom is 0.0857 e. The summed E-state index contributed by atoms with van der Waals surface area (Å²) in [6.45, 7) is 0. The molecule has 0 aliphatic carbocycles. The van der Waals surface area contributed by atoms with Crippen LogP contribution in [0.25, 0.3) is 0 Å². The van der Waals surface area contributed by atoms with E-state index in [9.17, 15) is 0 Å². The van der Waals surface area contributed by atoms with E-state index in [1.54, 1.807) is 0 Å². The molecule has 0 aliphatic heterocycles. The second-order valence-corrected chi connectivity index (χ2v) is 3.90. The van der Waals surface area contributed by atoms with Crippen LogP contribution in [0.15, 0.2) is 64.8 Å². The van der Waals surface area contributed by atoms with Gasteiger partial charge in [0.2, 0.25) is 0 Å². The van der Waals surface area contributed by atoms with Crippen LogP contribution >= 0.6 is 15.9 Å². The third kappa shape index (κ3) is 3.00. The molecule has 0 spiro atoms. The molecule has 2 aromatic carbocycles. The summed E-state index contributed by atoms with van der Waals surface area (Å²) in [6.07, 6.45) is 0. The Bertz CT molecular complexity index is 463. The molecule has 3 heteroatoms. The zero-order chi connectivity index (χ0) is 11.2. The number of hydrogen-bond acceptors (Lipinski definition) is 2. The van der Waals surface area contributed by atoms with Gasteiger partial charge in [0.25, 0.3) is 0 Å². The zero-order valence-electron chi connectivity index (χ0n) is 8.68. The summed E-state index contributed by atoms with van der Waals surface area (Å²) in [5.74, 6) is 0. The molecular weight excluding hydrogens is 264 g/mol. The van der Waals surface area contributed by atoms with Crippen LogP contribution < -0.4 is 0 Å². The van der Waals surface area contributed by atoms with E-state index in [2.05, 4.69) is 26.2 Å². The van der Waals surface area contributed by atoms with Gasteiger partial charge in [-0.2, -0.15) is 10.2 Å². The molecule has 0 aromatic heterocycles. The van der Waals surface area contributed by atoms with Crippen molar-refractivity contribution in [2.75, 3.05) is 0 Å². The molecule has 0 saturated carbocycles. The van der Waals surface area contributed by atoms with Gasteiger partial charge in [-0.15, -0.1) is 0 Å². The lowest BCUT2D eigenvalue weighted by molar-refractivity contribution is 1.23. The first kappa shape index (κ1) is 11.0. The Morgan fingerprint density at radius 1 is 0.750 bits per heavy atom. The molecule has 0 fully saturated rings. The second-order valence-electron chi connectivity index (χ2n) is 3.34. The first-order chi connectivity index (χ1) is 7.88. The van der Waals surface area contributed by atoms with Crippen molar-refractivity contribution >= 4 is 27.3 Å². The van der Waals surface area contributed by atoms with E-state index in [1.165, 1.54) is 5.56 Å². The number of hydrogen-bond donors (Lipinski definition) is 0. The fourth-order valence-corrected chi connectivity index (χ4v) is 1.64. The largest absolute Gasteiger partial charge is 0.151 e. The van der Waals surface area contributed by atoms with Crippen LogP contribution in [-0.2, 0) is 5.33 Å². The Balaban J connectivity index is 2.12. The summed E-state index contributed by atoms with van der Waals surface area (Å²) in [4.78, 5) is 0. The zero-order valence-corrected chi connectivity index (χ0v) is 10.3. The minimum absolute atomic E-state index is 0.864. The first-order valence-electron chi connectivity index (χ1n) is 5.00. The number of azo groups is 1. The van der Waals surface area contributed by atoms with Gasteiger partial charge in [-0.3, -0.25) is 0 Å². The van der Waals surface area contributed by atoms with Crippen molar-refractivity contribution in [3.63, 3.8) is 0 Å². The van der Waals surface area contributed by atoms with Crippen molar-refractivity contribution in [1.29, 1.82) is 0 Å². The molecule has 80 valence electrons. The molecule has 0 N–H and O–H groups in total. The molecule has 0 heterocycles. The summed E-state index contributed by atoms with van der Waals surface area (Å²) in [5, 5.41) is 9.17. The summed E-state index contributed by atoms with van der Waals surface area (Å²) in [7, 11) is 0. The van der Waals surface area contributed by atoms with Crippen molar-refractivity contribution in [3.8, 4) is 0 Å². The van der Waals surface area contributed by atoms with E-state index in [0.29, 0.717) is 0 Å². The van der Waals surface area contributed by atoms with E-state index in [0.717, 1.165) is 16.7 Å². The molecule has 0 saturated heterocycles. The van der Waals surface area contributed by atoms with Gasteiger partial charge < -0.3 is 0 Å². The van der Waals surface area contributed by atoms with Gasteiger partial charge in [-0.25, -0.2) is 0 Å². The van der Waals surface area contributed by atoms with Crippen LogP contribution in [-0.4, -0.2) is 0 Å². The Morgan fingerprint density at radius 3 is 1.88 bits per heavy atom. The molecule has 2 nitrogen and oxygen atoms in total. The van der Waals surface area contributed by atoms with Crippen molar-refractivity contribution in [2.24, 2.45) is 10.2 Å². The number of alkyl halides is 1. The number of benzene rings is 2. The van der Waals surface area contributed by atoms with Gasteiger partial charge in [0.1, 0.15) is 0 Å². The minimum Gasteiger partial charge on any atom is -0.151 e. The van der Waals surface area contributed by atoms with E-state index in [-0.39, 0.29) is 0 Å². The number of rotatable bonds is 3. The van der Waals surface area contributed by atoms with Crippen LogP contribution in [0.3, 0.4) is 0 Å². The maximum absolute atomic E-state index is 4.16. The molecule has 16 heavy (non-hydrogen) atoms. The average Bonchev–Trinajstić information content (AvgIpc) is 2.38. The fraction of sp³-hybridized carbons (Fsp3) is 0.0769. The second kappa shape index (κ2) is 5.56. The quantitative estimate of drug-likeness (QED) is 0.556. The van der Waals surface area contributed by atoms with Crippen LogP contribution in [0, 0.1) is 0 Å². The highest BCUT2D eigenvalue weighted by Crippen LogP contribution is 2.18. The predicted molar refractivity (Wildman–Crippen MR) is 69.7 cm³/mol. The van der Waals surface area contributed by atoms with E-state index in [4.69, 9.17) is 0 Å². The summed E-state index contributed by atoms with van der Waals surface area (Å²) in [6, 6.07) is 17.7. The van der Waals surface area contributed by atoms with Crippen molar-refractivity contribution in [2.45, 2.75) is 5.33 Å². The van der Waals surface area contributed by atoms with Crippen LogP contribution in [0.2, 0.25) is 0 Å². The number of nitrogens with zero attached hydrogens (tertiary/aromatic N) is 2. The van der Waals surface area contributed by atoms with Crippen LogP contribution in [0.4, 0.5) is 11.4 Å². The highest BCUT2D eigenvalue weighted by atomic mass is 79.9. The minimum atomic E-state index is 0.864. The molecule has 2 aromatic rings. The van der Waals surface area contributed by atoms with E-state index < -0.39 is 0 Å². The number of halogens is 1. The van der Waals surface area contributed by atoms with E-state index in [1.807, 2.05) is 54.6 Å². The van der Waals surface area contributed by atoms with Crippen molar-refractivity contribution < 1.29 is 0 Å². The molecule has 0 amide bonds. The third-order valence-corrected chi connectivity index (χ3v) is 2.78. The smallest absolute Gasteiger partial charge is 0.0857 e. The molecule has 2 rings (SSSR count). The van der Waals surface area contributed by atoms with Gasteiger partial charge in [0.05, 0.1) is 11.4 Å². The molecule has 0 bridgehead atoms.